The molecule has 4 N–H and O–H groups in total. The van der Waals surface area contributed by atoms with Gasteiger partial charge in [-0.15, -0.1) is 5.10 Å². The first-order valence-corrected chi connectivity index (χ1v) is 10.9. The molecule has 11 nitrogen and oxygen atoms in total. The number of aryl methyl sites for hydroxylation is 1. The number of fused-ring (bicyclic) bond motifs is 2. The average Bonchev–Trinajstić information content (AvgIpc) is 3.41. The zero-order chi connectivity index (χ0) is 24.7. The van der Waals surface area contributed by atoms with Crippen LogP contribution >= 0.6 is 0 Å². The standard InChI is InChI=1S/C24H23N9O2/c1-14(28-23(34)19-20(25)30-33-11-5-10-26-22(19)33)21-29-17-7-4-6-16(18(17)24(35)32(21)3)9-8-15-12-27-31(2)13-15/h4-7,11-14,26H,10H2,1-3H3,(H2,25,30)(H,28,34). The molecule has 5 rings (SSSR count). The molecule has 1 aliphatic rings. The number of benzene rings is 1. The second-order valence-electron chi connectivity index (χ2n) is 8.20. The summed E-state index contributed by atoms with van der Waals surface area (Å²) < 4.78 is 4.62. The molecule has 1 aromatic carbocycles. The third-order valence-electron chi connectivity index (χ3n) is 5.72. The number of nitrogens with zero attached hydrogens (tertiary/aromatic N) is 6. The van der Waals surface area contributed by atoms with E-state index < -0.39 is 11.9 Å². The molecular formula is C24H23N9O2. The molecule has 0 bridgehead atoms. The van der Waals surface area contributed by atoms with Crippen molar-refractivity contribution in [2.24, 2.45) is 14.1 Å². The van der Waals surface area contributed by atoms with Gasteiger partial charge < -0.3 is 16.4 Å². The second-order valence-corrected chi connectivity index (χ2v) is 8.20. The van der Waals surface area contributed by atoms with Crippen molar-refractivity contribution in [2.75, 3.05) is 17.6 Å². The van der Waals surface area contributed by atoms with E-state index >= 15 is 0 Å². The number of aromatic nitrogens is 6. The van der Waals surface area contributed by atoms with Crippen LogP contribution in [-0.2, 0) is 14.1 Å². The van der Waals surface area contributed by atoms with Crippen LogP contribution in [0.5, 0.6) is 0 Å². The quantitative estimate of drug-likeness (QED) is 0.384. The minimum Gasteiger partial charge on any atom is -0.381 e. The molecule has 0 aliphatic carbocycles. The Labute approximate surface area is 200 Å². The van der Waals surface area contributed by atoms with Gasteiger partial charge in [-0.1, -0.05) is 17.9 Å². The minimum atomic E-state index is -0.580. The van der Waals surface area contributed by atoms with Crippen LogP contribution in [-0.4, -0.2) is 41.6 Å². The Balaban J connectivity index is 1.49. The number of hydrogen-bond donors (Lipinski definition) is 3. The van der Waals surface area contributed by atoms with Gasteiger partial charge in [0.05, 0.1) is 28.7 Å². The topological polar surface area (TPSA) is 138 Å². The number of amides is 1. The lowest BCUT2D eigenvalue weighted by Crippen LogP contribution is -2.33. The molecule has 1 amide bonds. The van der Waals surface area contributed by atoms with Gasteiger partial charge in [-0.2, -0.15) is 5.10 Å². The third kappa shape index (κ3) is 3.91. The molecule has 176 valence electrons. The highest BCUT2D eigenvalue weighted by Crippen LogP contribution is 2.25. The molecule has 3 aromatic heterocycles. The lowest BCUT2D eigenvalue weighted by atomic mass is 10.1. The Morgan fingerprint density at radius 2 is 2.11 bits per heavy atom. The third-order valence-corrected chi connectivity index (χ3v) is 5.72. The van der Waals surface area contributed by atoms with Gasteiger partial charge in [0.25, 0.3) is 11.5 Å². The van der Waals surface area contributed by atoms with Crippen molar-refractivity contribution in [3.63, 3.8) is 0 Å². The Morgan fingerprint density at radius 3 is 2.89 bits per heavy atom. The Hall–Kier alpha value is -4.85. The van der Waals surface area contributed by atoms with Gasteiger partial charge in [0.15, 0.2) is 5.82 Å². The summed E-state index contributed by atoms with van der Waals surface area (Å²) in [6, 6.07) is 4.76. The van der Waals surface area contributed by atoms with Crippen molar-refractivity contribution >= 4 is 34.6 Å². The molecular weight excluding hydrogens is 446 g/mol. The van der Waals surface area contributed by atoms with Crippen LogP contribution in [0, 0.1) is 11.8 Å². The number of hydrogen-bond acceptors (Lipinski definition) is 7. The first-order valence-electron chi connectivity index (χ1n) is 10.9. The van der Waals surface area contributed by atoms with E-state index in [0.717, 1.165) is 5.56 Å². The average molecular weight is 470 g/mol. The summed E-state index contributed by atoms with van der Waals surface area (Å²) in [7, 11) is 3.44. The van der Waals surface area contributed by atoms with E-state index in [1.807, 2.05) is 13.1 Å². The number of nitrogens with one attached hydrogen (secondary N) is 2. The summed E-state index contributed by atoms with van der Waals surface area (Å²) in [5, 5.41) is 14.7. The molecule has 4 heterocycles. The van der Waals surface area contributed by atoms with Gasteiger partial charge in [-0.3, -0.25) is 18.8 Å². The van der Waals surface area contributed by atoms with E-state index in [-0.39, 0.29) is 16.9 Å². The smallest absolute Gasteiger partial charge is 0.262 e. The number of anilines is 2. The molecule has 0 fully saturated rings. The van der Waals surface area contributed by atoms with Gasteiger partial charge in [0.1, 0.15) is 17.2 Å². The molecule has 35 heavy (non-hydrogen) atoms. The van der Waals surface area contributed by atoms with Crippen LogP contribution in [0.1, 0.15) is 40.3 Å². The maximum Gasteiger partial charge on any atom is 0.262 e. The highest BCUT2D eigenvalue weighted by atomic mass is 16.2. The molecule has 0 spiro atoms. The van der Waals surface area contributed by atoms with Gasteiger partial charge in [-0.25, -0.2) is 9.67 Å². The van der Waals surface area contributed by atoms with Crippen molar-refractivity contribution in [1.29, 1.82) is 0 Å². The second kappa shape index (κ2) is 8.49. The first-order chi connectivity index (χ1) is 16.8. The van der Waals surface area contributed by atoms with Gasteiger partial charge >= 0.3 is 0 Å². The molecule has 11 heteroatoms. The molecule has 1 aliphatic heterocycles. The van der Waals surface area contributed by atoms with Gasteiger partial charge in [0, 0.05) is 38.6 Å². The summed E-state index contributed by atoms with van der Waals surface area (Å²) in [5.41, 5.74) is 7.81. The molecule has 0 saturated heterocycles. The summed E-state index contributed by atoms with van der Waals surface area (Å²) in [6.07, 6.45) is 7.07. The van der Waals surface area contributed by atoms with E-state index in [0.29, 0.717) is 34.7 Å². The zero-order valence-electron chi connectivity index (χ0n) is 19.4. The number of nitrogens with two attached hydrogens (primary N) is 1. The first kappa shape index (κ1) is 22.0. The summed E-state index contributed by atoms with van der Waals surface area (Å²) in [5.74, 6) is 6.71. The van der Waals surface area contributed by atoms with Crippen LogP contribution < -0.4 is 21.9 Å². The van der Waals surface area contributed by atoms with Crippen LogP contribution in [0.3, 0.4) is 0 Å². The minimum absolute atomic E-state index is 0.112. The normalized spacial score (nSPS) is 13.0. The monoisotopic (exact) mass is 469 g/mol. The highest BCUT2D eigenvalue weighted by Gasteiger charge is 2.25. The Bertz CT molecular complexity index is 1630. The van der Waals surface area contributed by atoms with Crippen molar-refractivity contribution < 1.29 is 4.79 Å². The van der Waals surface area contributed by atoms with E-state index in [9.17, 15) is 9.59 Å². The van der Waals surface area contributed by atoms with Crippen molar-refractivity contribution in [3.05, 3.63) is 69.5 Å². The summed E-state index contributed by atoms with van der Waals surface area (Å²) in [4.78, 5) is 31.1. The summed E-state index contributed by atoms with van der Waals surface area (Å²) in [6.45, 7) is 2.32. The Kier molecular flexibility index (Phi) is 5.33. The van der Waals surface area contributed by atoms with Crippen molar-refractivity contribution in [2.45, 2.75) is 13.0 Å². The SMILES string of the molecule is CC(NC(=O)c1c(N)nn2c1NCC=C2)c1nc2cccc(C#Cc3cnn(C)c3)c2c(=O)n1C. The van der Waals surface area contributed by atoms with Crippen molar-refractivity contribution in [3.8, 4) is 11.8 Å². The van der Waals surface area contributed by atoms with E-state index in [1.54, 1.807) is 55.4 Å². The maximum absolute atomic E-state index is 13.3. The summed E-state index contributed by atoms with van der Waals surface area (Å²) >= 11 is 0. The van der Waals surface area contributed by atoms with Crippen molar-refractivity contribution in [1.82, 2.24) is 34.4 Å². The van der Waals surface area contributed by atoms with E-state index in [4.69, 9.17) is 5.73 Å². The van der Waals surface area contributed by atoms with Crippen LogP contribution in [0.2, 0.25) is 0 Å². The fraction of sp³-hybridized carbons (Fsp3) is 0.208. The lowest BCUT2D eigenvalue weighted by molar-refractivity contribution is 0.0939. The number of carbonyl (C=O) groups is 1. The van der Waals surface area contributed by atoms with E-state index in [1.165, 1.54) is 9.25 Å². The predicted molar refractivity (Wildman–Crippen MR) is 133 cm³/mol. The number of rotatable bonds is 3. The highest BCUT2D eigenvalue weighted by molar-refractivity contribution is 6.04. The lowest BCUT2D eigenvalue weighted by Gasteiger charge is -2.18. The van der Waals surface area contributed by atoms with E-state index in [2.05, 4.69) is 37.7 Å². The largest absolute Gasteiger partial charge is 0.381 e. The Morgan fingerprint density at radius 1 is 1.29 bits per heavy atom. The maximum atomic E-state index is 13.3. The van der Waals surface area contributed by atoms with Crippen LogP contribution in [0.25, 0.3) is 17.1 Å². The van der Waals surface area contributed by atoms with Crippen LogP contribution in [0.15, 0.2) is 41.5 Å². The van der Waals surface area contributed by atoms with Gasteiger partial charge in [-0.05, 0) is 25.1 Å². The zero-order valence-corrected chi connectivity index (χ0v) is 19.4. The number of nitrogen functional groups attached to an aromatic ring is 1. The fourth-order valence-corrected chi connectivity index (χ4v) is 4.04. The number of carbonyl (C=O) groups excluding carboxylic acids is 1. The molecule has 1 unspecified atom stereocenters. The van der Waals surface area contributed by atoms with Crippen LogP contribution in [0.4, 0.5) is 11.6 Å². The molecule has 1 atom stereocenters. The fourth-order valence-electron chi connectivity index (χ4n) is 4.04. The molecule has 4 aromatic rings. The molecule has 0 saturated carbocycles. The predicted octanol–water partition coefficient (Wildman–Crippen LogP) is 1.23. The molecule has 0 radical (unpaired) electrons. The van der Waals surface area contributed by atoms with Gasteiger partial charge in [0.2, 0.25) is 0 Å².